The number of ether oxygens (including phenoxy) is 1. The molecule has 1 aromatic heterocycles. The number of nitrogens with zero attached hydrogens (tertiary/aromatic N) is 3. The second-order valence-corrected chi connectivity index (χ2v) is 7.07. The van der Waals surface area contributed by atoms with Crippen LogP contribution in [0.25, 0.3) is 17.1 Å². The molecule has 0 saturated heterocycles. The predicted molar refractivity (Wildman–Crippen MR) is 107 cm³/mol. The molecule has 0 spiro atoms. The molecule has 0 aliphatic heterocycles. The van der Waals surface area contributed by atoms with E-state index in [1.165, 1.54) is 16.8 Å². The third-order valence-electron chi connectivity index (χ3n) is 3.89. The average Bonchev–Trinajstić information content (AvgIpc) is 3.12. The van der Waals surface area contributed by atoms with Gasteiger partial charge in [0.05, 0.1) is 17.9 Å². The third-order valence-corrected chi connectivity index (χ3v) is 4.28. The van der Waals surface area contributed by atoms with Crippen molar-refractivity contribution in [1.29, 1.82) is 0 Å². The highest BCUT2D eigenvalue weighted by Gasteiger charge is 2.31. The van der Waals surface area contributed by atoms with Gasteiger partial charge in [-0.15, -0.1) is 5.10 Å². The second-order valence-electron chi connectivity index (χ2n) is 5.98. The van der Waals surface area contributed by atoms with E-state index in [-0.39, 0.29) is 24.0 Å². The molecule has 30 heavy (non-hydrogen) atoms. The lowest BCUT2D eigenvalue weighted by Crippen LogP contribution is -2.18. The topological polar surface area (TPSA) is 69.0 Å². The van der Waals surface area contributed by atoms with Crippen LogP contribution in [0.15, 0.2) is 48.5 Å². The van der Waals surface area contributed by atoms with E-state index >= 15 is 0 Å². The Kier molecular flexibility index (Phi) is 6.52. The third kappa shape index (κ3) is 5.03. The van der Waals surface area contributed by atoms with Crippen LogP contribution in [-0.4, -0.2) is 32.1 Å². The monoisotopic (exact) mass is 458 g/mol. The summed E-state index contributed by atoms with van der Waals surface area (Å²) in [6.07, 6.45) is -4.49. The zero-order valence-corrected chi connectivity index (χ0v) is 17.0. The Hall–Kier alpha value is -2.78. The summed E-state index contributed by atoms with van der Waals surface area (Å²) in [5.74, 6) is -0.418. The van der Waals surface area contributed by atoms with Crippen molar-refractivity contribution in [2.45, 2.75) is 17.9 Å². The molecule has 3 aromatic rings. The van der Waals surface area contributed by atoms with Gasteiger partial charge in [0.1, 0.15) is 0 Å². The molecule has 158 valence electrons. The molecule has 1 amide bonds. The maximum absolute atomic E-state index is 13.1. The first kappa shape index (κ1) is 21.9. The summed E-state index contributed by atoms with van der Waals surface area (Å²) >= 11 is 11.0. The lowest BCUT2D eigenvalue weighted by molar-refractivity contribution is -0.137. The van der Waals surface area contributed by atoms with E-state index in [1.807, 2.05) is 0 Å². The van der Waals surface area contributed by atoms with Gasteiger partial charge in [-0.1, -0.05) is 35.3 Å². The van der Waals surface area contributed by atoms with Crippen molar-refractivity contribution in [3.05, 3.63) is 54.1 Å². The first-order chi connectivity index (χ1) is 14.2. The fourth-order valence-corrected chi connectivity index (χ4v) is 2.68. The maximum atomic E-state index is 13.1. The van der Waals surface area contributed by atoms with Crippen molar-refractivity contribution >= 4 is 34.8 Å². The minimum absolute atomic E-state index is 0.0226. The van der Waals surface area contributed by atoms with Crippen molar-refractivity contribution in [2.75, 3.05) is 11.9 Å². The zero-order chi connectivity index (χ0) is 21.9. The Morgan fingerprint density at radius 2 is 1.90 bits per heavy atom. The van der Waals surface area contributed by atoms with Crippen LogP contribution < -0.4 is 10.1 Å². The largest absolute Gasteiger partial charge is 0.463 e. The van der Waals surface area contributed by atoms with E-state index in [0.29, 0.717) is 11.4 Å². The van der Waals surface area contributed by atoms with Crippen molar-refractivity contribution in [3.8, 4) is 23.1 Å². The van der Waals surface area contributed by atoms with Gasteiger partial charge in [0.15, 0.2) is 10.7 Å². The van der Waals surface area contributed by atoms with Gasteiger partial charge in [0.25, 0.3) is 5.91 Å². The van der Waals surface area contributed by atoms with Crippen molar-refractivity contribution < 1.29 is 22.7 Å². The number of anilines is 1. The van der Waals surface area contributed by atoms with Gasteiger partial charge in [-0.2, -0.15) is 18.2 Å². The highest BCUT2D eigenvalue weighted by Crippen LogP contribution is 2.33. The molecule has 0 aliphatic rings. The molecular formula is C19H15Cl2F3N4O2. The van der Waals surface area contributed by atoms with Crippen LogP contribution >= 0.6 is 23.2 Å². The van der Waals surface area contributed by atoms with Gasteiger partial charge in [-0.3, -0.25) is 4.79 Å². The summed E-state index contributed by atoms with van der Waals surface area (Å²) in [5.41, 5.74) is 0.336. The Balaban J connectivity index is 2.00. The van der Waals surface area contributed by atoms with E-state index in [9.17, 15) is 18.0 Å². The quantitative estimate of drug-likeness (QED) is 0.522. The standard InChI is InChI=1S/C19H15Cl2F3N4O2/c1-2-30-18-26-16(11-4-3-5-12(10-11)19(22,23)24)28(27-18)14-8-6-13(7-9-14)25-17(29)15(20)21/h3-10,15H,2H2,1H3,(H,25,29). The number of aromatic nitrogens is 3. The van der Waals surface area contributed by atoms with Gasteiger partial charge in [0.2, 0.25) is 0 Å². The Labute approximate surface area is 179 Å². The molecule has 6 nitrogen and oxygen atoms in total. The lowest BCUT2D eigenvalue weighted by atomic mass is 10.1. The Bertz CT molecular complexity index is 1040. The average molecular weight is 459 g/mol. The minimum atomic E-state index is -4.49. The molecule has 3 rings (SSSR count). The van der Waals surface area contributed by atoms with Gasteiger partial charge < -0.3 is 10.1 Å². The smallest absolute Gasteiger partial charge is 0.416 e. The van der Waals surface area contributed by atoms with Crippen molar-refractivity contribution in [3.63, 3.8) is 0 Å². The van der Waals surface area contributed by atoms with Crippen molar-refractivity contribution in [1.82, 2.24) is 14.8 Å². The number of carbonyl (C=O) groups is 1. The predicted octanol–water partition coefficient (Wildman–Crippen LogP) is 5.09. The zero-order valence-electron chi connectivity index (χ0n) is 15.5. The van der Waals surface area contributed by atoms with E-state index in [0.717, 1.165) is 12.1 Å². The minimum Gasteiger partial charge on any atom is -0.463 e. The summed E-state index contributed by atoms with van der Waals surface area (Å²) < 4.78 is 46.0. The number of amides is 1. The van der Waals surface area contributed by atoms with E-state index in [1.54, 1.807) is 31.2 Å². The summed E-state index contributed by atoms with van der Waals surface area (Å²) in [6.45, 7) is 2.03. The highest BCUT2D eigenvalue weighted by molar-refractivity contribution is 6.54. The Morgan fingerprint density at radius 1 is 1.20 bits per heavy atom. The number of rotatable bonds is 6. The molecule has 11 heteroatoms. The number of halogens is 5. The van der Waals surface area contributed by atoms with E-state index in [2.05, 4.69) is 15.4 Å². The van der Waals surface area contributed by atoms with E-state index in [4.69, 9.17) is 27.9 Å². The first-order valence-corrected chi connectivity index (χ1v) is 9.53. The number of alkyl halides is 5. The molecule has 0 atom stereocenters. The van der Waals surface area contributed by atoms with Gasteiger partial charge in [0, 0.05) is 11.3 Å². The number of nitrogens with one attached hydrogen (secondary N) is 1. The summed E-state index contributed by atoms with van der Waals surface area (Å²) in [5, 5.41) is 6.75. The molecule has 1 N–H and O–H groups in total. The molecule has 2 aromatic carbocycles. The second kappa shape index (κ2) is 8.93. The summed E-state index contributed by atoms with van der Waals surface area (Å²) in [4.78, 5) is 14.6. The number of carbonyl (C=O) groups excluding carboxylic acids is 1. The molecular weight excluding hydrogens is 444 g/mol. The van der Waals surface area contributed by atoms with Crippen molar-refractivity contribution in [2.24, 2.45) is 0 Å². The Morgan fingerprint density at radius 3 is 2.50 bits per heavy atom. The fourth-order valence-electron chi connectivity index (χ4n) is 2.57. The highest BCUT2D eigenvalue weighted by atomic mass is 35.5. The van der Waals surface area contributed by atoms with Crippen LogP contribution in [0.5, 0.6) is 6.01 Å². The van der Waals surface area contributed by atoms with Crippen LogP contribution in [-0.2, 0) is 11.0 Å². The first-order valence-electron chi connectivity index (χ1n) is 8.66. The normalized spacial score (nSPS) is 11.6. The SMILES string of the molecule is CCOc1nc(-c2cccc(C(F)(F)F)c2)n(-c2ccc(NC(=O)C(Cl)Cl)cc2)n1. The summed E-state index contributed by atoms with van der Waals surface area (Å²) in [7, 11) is 0. The molecule has 0 aliphatic carbocycles. The number of hydrogen-bond donors (Lipinski definition) is 1. The van der Waals surface area contributed by atoms with Gasteiger partial charge >= 0.3 is 12.2 Å². The summed E-state index contributed by atoms with van der Waals surface area (Å²) in [6, 6.07) is 11.1. The van der Waals surface area contributed by atoms with Crippen LogP contribution in [0.3, 0.4) is 0 Å². The molecule has 0 fully saturated rings. The molecule has 0 radical (unpaired) electrons. The van der Waals surface area contributed by atoms with E-state index < -0.39 is 22.5 Å². The molecule has 0 unspecified atom stereocenters. The maximum Gasteiger partial charge on any atom is 0.416 e. The number of hydrogen-bond acceptors (Lipinski definition) is 4. The van der Waals surface area contributed by atoms with Gasteiger partial charge in [-0.25, -0.2) is 4.68 Å². The molecule has 1 heterocycles. The van der Waals surface area contributed by atoms with Crippen LogP contribution in [0, 0.1) is 0 Å². The van der Waals surface area contributed by atoms with Crippen LogP contribution in [0.1, 0.15) is 12.5 Å². The number of benzene rings is 2. The van der Waals surface area contributed by atoms with Crippen LogP contribution in [0.4, 0.5) is 18.9 Å². The van der Waals surface area contributed by atoms with Gasteiger partial charge in [-0.05, 0) is 43.3 Å². The molecule has 0 saturated carbocycles. The lowest BCUT2D eigenvalue weighted by Gasteiger charge is -2.10. The van der Waals surface area contributed by atoms with Crippen LogP contribution in [0.2, 0.25) is 0 Å². The molecule has 0 bridgehead atoms. The fraction of sp³-hybridized carbons (Fsp3) is 0.211.